The molecule has 0 aliphatic heterocycles. The fraction of sp³-hybridized carbons (Fsp3) is 0.429. The highest BCUT2D eigenvalue weighted by Gasteiger charge is 2.10. The number of nitrogens with one attached hydrogen (secondary N) is 1. The average molecular weight is 327 g/mol. The Morgan fingerprint density at radius 3 is 2.38 bits per heavy atom. The summed E-state index contributed by atoms with van der Waals surface area (Å²) in [6, 6.07) is 14.8. The highest BCUT2D eigenvalue weighted by molar-refractivity contribution is 5.33. The molecule has 24 heavy (non-hydrogen) atoms. The number of benzene rings is 2. The van der Waals surface area contributed by atoms with Crippen LogP contribution in [0.15, 0.2) is 42.5 Å². The Bertz CT molecular complexity index is 637. The maximum absolute atomic E-state index is 10.1. The van der Waals surface area contributed by atoms with E-state index in [0.29, 0.717) is 6.54 Å². The Morgan fingerprint density at radius 1 is 1.04 bits per heavy atom. The van der Waals surface area contributed by atoms with Crippen molar-refractivity contribution in [3.8, 4) is 5.75 Å². The standard InChI is InChI=1S/C21H29NO2/c1-5-18-7-9-19(10-8-18)17(4)22-13-20(23)14-24-21-11-6-15(2)16(3)12-21/h6-12,17,20,22-23H,5,13-14H2,1-4H3. The third-order valence-electron chi connectivity index (χ3n) is 4.47. The zero-order chi connectivity index (χ0) is 17.5. The van der Waals surface area contributed by atoms with E-state index in [2.05, 4.69) is 57.3 Å². The third-order valence-corrected chi connectivity index (χ3v) is 4.47. The highest BCUT2D eigenvalue weighted by atomic mass is 16.5. The summed E-state index contributed by atoms with van der Waals surface area (Å²) in [6.07, 6.45) is 0.514. The molecule has 2 atom stereocenters. The van der Waals surface area contributed by atoms with E-state index in [-0.39, 0.29) is 12.6 Å². The van der Waals surface area contributed by atoms with E-state index in [1.165, 1.54) is 22.3 Å². The fourth-order valence-corrected chi connectivity index (χ4v) is 2.53. The molecule has 0 radical (unpaired) electrons. The predicted molar refractivity (Wildman–Crippen MR) is 99.7 cm³/mol. The van der Waals surface area contributed by atoms with Crippen LogP contribution in [0.3, 0.4) is 0 Å². The molecule has 0 bridgehead atoms. The summed E-state index contributed by atoms with van der Waals surface area (Å²) in [5, 5.41) is 13.5. The fourth-order valence-electron chi connectivity index (χ4n) is 2.53. The summed E-state index contributed by atoms with van der Waals surface area (Å²) in [5.41, 5.74) is 5.01. The summed E-state index contributed by atoms with van der Waals surface area (Å²) < 4.78 is 5.68. The molecule has 0 saturated heterocycles. The topological polar surface area (TPSA) is 41.5 Å². The monoisotopic (exact) mass is 327 g/mol. The Morgan fingerprint density at radius 2 is 1.75 bits per heavy atom. The number of hydrogen-bond acceptors (Lipinski definition) is 3. The van der Waals surface area contributed by atoms with Crippen LogP contribution in [0, 0.1) is 13.8 Å². The first-order chi connectivity index (χ1) is 11.5. The maximum atomic E-state index is 10.1. The molecule has 130 valence electrons. The minimum Gasteiger partial charge on any atom is -0.491 e. The van der Waals surface area contributed by atoms with Gasteiger partial charge in [0.1, 0.15) is 18.5 Å². The minimum atomic E-state index is -0.538. The molecular weight excluding hydrogens is 298 g/mol. The molecule has 2 unspecified atom stereocenters. The first-order valence-corrected chi connectivity index (χ1v) is 8.70. The second-order valence-corrected chi connectivity index (χ2v) is 6.44. The van der Waals surface area contributed by atoms with Crippen molar-refractivity contribution in [2.45, 2.75) is 46.3 Å². The highest BCUT2D eigenvalue weighted by Crippen LogP contribution is 2.17. The second-order valence-electron chi connectivity index (χ2n) is 6.44. The van der Waals surface area contributed by atoms with E-state index in [1.807, 2.05) is 18.2 Å². The van der Waals surface area contributed by atoms with Crippen LogP contribution in [0.25, 0.3) is 0 Å². The van der Waals surface area contributed by atoms with Gasteiger partial charge in [0, 0.05) is 12.6 Å². The molecule has 0 heterocycles. The van der Waals surface area contributed by atoms with Crippen LogP contribution in [-0.4, -0.2) is 24.4 Å². The zero-order valence-corrected chi connectivity index (χ0v) is 15.2. The largest absolute Gasteiger partial charge is 0.491 e. The van der Waals surface area contributed by atoms with Crippen molar-refractivity contribution in [2.24, 2.45) is 0 Å². The van der Waals surface area contributed by atoms with Crippen LogP contribution in [0.4, 0.5) is 0 Å². The van der Waals surface area contributed by atoms with Crippen LogP contribution in [0.2, 0.25) is 0 Å². The van der Waals surface area contributed by atoms with Crippen molar-refractivity contribution in [1.29, 1.82) is 0 Å². The van der Waals surface area contributed by atoms with Crippen molar-refractivity contribution in [3.05, 3.63) is 64.7 Å². The van der Waals surface area contributed by atoms with Gasteiger partial charge in [-0.15, -0.1) is 0 Å². The molecule has 2 aromatic carbocycles. The number of aryl methyl sites for hydroxylation is 3. The molecule has 0 aliphatic carbocycles. The van der Waals surface area contributed by atoms with Crippen molar-refractivity contribution in [3.63, 3.8) is 0 Å². The van der Waals surface area contributed by atoms with Crippen LogP contribution < -0.4 is 10.1 Å². The van der Waals surface area contributed by atoms with Gasteiger partial charge < -0.3 is 15.2 Å². The van der Waals surface area contributed by atoms with Gasteiger partial charge in [-0.2, -0.15) is 0 Å². The molecule has 2 aromatic rings. The van der Waals surface area contributed by atoms with E-state index in [4.69, 9.17) is 4.74 Å². The number of aliphatic hydroxyl groups excluding tert-OH is 1. The van der Waals surface area contributed by atoms with Gasteiger partial charge in [-0.1, -0.05) is 37.3 Å². The van der Waals surface area contributed by atoms with Crippen molar-refractivity contribution >= 4 is 0 Å². The number of hydrogen-bond donors (Lipinski definition) is 2. The summed E-state index contributed by atoms with van der Waals surface area (Å²) in [5.74, 6) is 0.806. The van der Waals surface area contributed by atoms with Gasteiger partial charge in [-0.25, -0.2) is 0 Å². The van der Waals surface area contributed by atoms with E-state index in [1.54, 1.807) is 0 Å². The van der Waals surface area contributed by atoms with Crippen molar-refractivity contribution in [1.82, 2.24) is 5.32 Å². The zero-order valence-electron chi connectivity index (χ0n) is 15.2. The van der Waals surface area contributed by atoms with E-state index >= 15 is 0 Å². The second kappa shape index (κ2) is 8.86. The normalized spacial score (nSPS) is 13.5. The number of rotatable bonds is 8. The average Bonchev–Trinajstić information content (AvgIpc) is 2.60. The Labute approximate surface area is 145 Å². The van der Waals surface area contributed by atoms with Gasteiger partial charge in [0.2, 0.25) is 0 Å². The lowest BCUT2D eigenvalue weighted by atomic mass is 10.0. The van der Waals surface area contributed by atoms with Gasteiger partial charge >= 0.3 is 0 Å². The van der Waals surface area contributed by atoms with E-state index < -0.39 is 6.10 Å². The lowest BCUT2D eigenvalue weighted by Crippen LogP contribution is -2.33. The maximum Gasteiger partial charge on any atom is 0.119 e. The lowest BCUT2D eigenvalue weighted by molar-refractivity contribution is 0.104. The molecule has 0 aliphatic rings. The summed E-state index contributed by atoms with van der Waals surface area (Å²) in [7, 11) is 0. The molecule has 0 saturated carbocycles. The van der Waals surface area contributed by atoms with Crippen LogP contribution in [0.5, 0.6) is 5.75 Å². The first-order valence-electron chi connectivity index (χ1n) is 8.70. The SMILES string of the molecule is CCc1ccc(C(C)NCC(O)COc2ccc(C)c(C)c2)cc1. The number of aliphatic hydroxyl groups is 1. The Hall–Kier alpha value is -1.84. The molecule has 0 aromatic heterocycles. The van der Waals surface area contributed by atoms with E-state index in [9.17, 15) is 5.11 Å². The van der Waals surface area contributed by atoms with Gasteiger partial charge in [-0.3, -0.25) is 0 Å². The smallest absolute Gasteiger partial charge is 0.119 e. The van der Waals surface area contributed by atoms with Gasteiger partial charge in [0.15, 0.2) is 0 Å². The van der Waals surface area contributed by atoms with Crippen molar-refractivity contribution < 1.29 is 9.84 Å². The summed E-state index contributed by atoms with van der Waals surface area (Å²) in [6.45, 7) is 9.19. The molecule has 3 heteroatoms. The van der Waals surface area contributed by atoms with E-state index in [0.717, 1.165) is 12.2 Å². The van der Waals surface area contributed by atoms with Crippen LogP contribution >= 0.6 is 0 Å². The predicted octanol–water partition coefficient (Wildman–Crippen LogP) is 3.96. The lowest BCUT2D eigenvalue weighted by Gasteiger charge is -2.18. The molecule has 2 N–H and O–H groups in total. The Kier molecular flexibility index (Phi) is 6.83. The molecule has 3 nitrogen and oxygen atoms in total. The van der Waals surface area contributed by atoms with Crippen LogP contribution in [0.1, 0.15) is 42.1 Å². The summed E-state index contributed by atoms with van der Waals surface area (Å²) >= 11 is 0. The quantitative estimate of drug-likeness (QED) is 0.771. The third kappa shape index (κ3) is 5.36. The van der Waals surface area contributed by atoms with Crippen LogP contribution in [-0.2, 0) is 6.42 Å². The Balaban J connectivity index is 1.77. The molecule has 0 spiro atoms. The first kappa shape index (κ1) is 18.5. The van der Waals surface area contributed by atoms with Gasteiger partial charge in [0.05, 0.1) is 0 Å². The van der Waals surface area contributed by atoms with Gasteiger partial charge in [-0.05, 0) is 61.6 Å². The molecule has 0 amide bonds. The molecule has 2 rings (SSSR count). The van der Waals surface area contributed by atoms with Crippen molar-refractivity contribution in [2.75, 3.05) is 13.2 Å². The number of ether oxygens (including phenoxy) is 1. The minimum absolute atomic E-state index is 0.201. The molecular formula is C21H29NO2. The summed E-state index contributed by atoms with van der Waals surface area (Å²) in [4.78, 5) is 0. The molecule has 0 fully saturated rings. The van der Waals surface area contributed by atoms with Gasteiger partial charge in [0.25, 0.3) is 0 Å².